The second kappa shape index (κ2) is 4.45. The fourth-order valence-corrected chi connectivity index (χ4v) is 2.73. The molecule has 1 nitrogen and oxygen atoms in total. The molecular formula is C13H16ClF2N. The molecule has 0 aliphatic heterocycles. The number of hydrogen-bond acceptors (Lipinski definition) is 1. The van der Waals surface area contributed by atoms with E-state index in [1.165, 1.54) is 12.1 Å². The molecular weight excluding hydrogens is 244 g/mol. The molecule has 0 amide bonds. The van der Waals surface area contributed by atoms with Crippen LogP contribution in [-0.2, 0) is 0 Å². The van der Waals surface area contributed by atoms with Gasteiger partial charge in [0.25, 0.3) is 0 Å². The van der Waals surface area contributed by atoms with Gasteiger partial charge in [0.2, 0.25) is 0 Å². The van der Waals surface area contributed by atoms with E-state index in [-0.39, 0.29) is 5.69 Å². The maximum Gasteiger partial charge on any atom is 0.167 e. The highest BCUT2D eigenvalue weighted by Gasteiger charge is 2.35. The van der Waals surface area contributed by atoms with Crippen molar-refractivity contribution >= 4 is 17.3 Å². The Hall–Kier alpha value is -0.830. The van der Waals surface area contributed by atoms with E-state index in [0.29, 0.717) is 17.9 Å². The van der Waals surface area contributed by atoms with Gasteiger partial charge in [-0.2, -0.15) is 0 Å². The van der Waals surface area contributed by atoms with Crippen LogP contribution in [-0.4, -0.2) is 6.54 Å². The Kier molecular flexibility index (Phi) is 3.30. The van der Waals surface area contributed by atoms with Crippen molar-refractivity contribution in [1.29, 1.82) is 0 Å². The Morgan fingerprint density at radius 3 is 2.59 bits per heavy atom. The molecule has 0 saturated heterocycles. The Bertz CT molecular complexity index is 424. The molecule has 0 spiro atoms. The van der Waals surface area contributed by atoms with Crippen LogP contribution in [0.2, 0.25) is 5.02 Å². The van der Waals surface area contributed by atoms with E-state index < -0.39 is 16.7 Å². The first-order valence-corrected chi connectivity index (χ1v) is 6.14. The molecule has 0 bridgehead atoms. The molecule has 0 atom stereocenters. The lowest BCUT2D eigenvalue weighted by Crippen LogP contribution is -2.35. The van der Waals surface area contributed by atoms with E-state index >= 15 is 0 Å². The van der Waals surface area contributed by atoms with Crippen molar-refractivity contribution in [3.05, 3.63) is 28.8 Å². The molecule has 0 aromatic heterocycles. The zero-order valence-electron chi connectivity index (χ0n) is 9.99. The number of hydrogen-bond donors (Lipinski definition) is 1. The quantitative estimate of drug-likeness (QED) is 0.790. The predicted octanol–water partition coefficient (Wildman–Crippen LogP) is 4.47. The van der Waals surface area contributed by atoms with E-state index in [0.717, 1.165) is 12.8 Å². The molecule has 1 fully saturated rings. The Morgan fingerprint density at radius 1 is 1.35 bits per heavy atom. The normalized spacial score (nSPS) is 18.9. The van der Waals surface area contributed by atoms with Crippen LogP contribution < -0.4 is 5.32 Å². The summed E-state index contributed by atoms with van der Waals surface area (Å²) in [4.78, 5) is 0. The van der Waals surface area contributed by atoms with Gasteiger partial charge in [0, 0.05) is 6.54 Å². The number of nitrogens with one attached hydrogen (secondary N) is 1. The summed E-state index contributed by atoms with van der Waals surface area (Å²) in [5, 5.41) is 2.55. The lowest BCUT2D eigenvalue weighted by atomic mass is 9.64. The van der Waals surface area contributed by atoms with Gasteiger partial charge < -0.3 is 5.32 Å². The lowest BCUT2D eigenvalue weighted by Gasteiger charge is -2.42. The van der Waals surface area contributed by atoms with Crippen LogP contribution >= 0.6 is 11.6 Å². The molecule has 1 aromatic carbocycles. The van der Waals surface area contributed by atoms with Gasteiger partial charge in [0.15, 0.2) is 5.82 Å². The van der Waals surface area contributed by atoms with Gasteiger partial charge in [0.1, 0.15) is 10.8 Å². The molecule has 2 rings (SSSR count). The lowest BCUT2D eigenvalue weighted by molar-refractivity contribution is 0.106. The number of benzene rings is 1. The first-order chi connectivity index (χ1) is 7.89. The van der Waals surface area contributed by atoms with Crippen LogP contribution in [0, 0.1) is 23.0 Å². The van der Waals surface area contributed by atoms with E-state index in [1.807, 2.05) is 0 Å². The van der Waals surface area contributed by atoms with Crippen molar-refractivity contribution in [2.24, 2.45) is 11.3 Å². The largest absolute Gasteiger partial charge is 0.382 e. The van der Waals surface area contributed by atoms with Gasteiger partial charge in [-0.1, -0.05) is 25.4 Å². The molecule has 0 unspecified atom stereocenters. The topological polar surface area (TPSA) is 12.0 Å². The average molecular weight is 260 g/mol. The number of rotatable bonds is 3. The van der Waals surface area contributed by atoms with Gasteiger partial charge in [-0.05, 0) is 36.3 Å². The molecule has 4 heteroatoms. The molecule has 1 saturated carbocycles. The second-order valence-electron chi connectivity index (χ2n) is 5.54. The first kappa shape index (κ1) is 12.6. The minimum absolute atomic E-state index is 0.279. The third-order valence-electron chi connectivity index (χ3n) is 3.30. The third-order valence-corrected chi connectivity index (χ3v) is 3.65. The highest BCUT2D eigenvalue weighted by atomic mass is 35.5. The van der Waals surface area contributed by atoms with Crippen molar-refractivity contribution in [2.75, 3.05) is 11.9 Å². The maximum absolute atomic E-state index is 13.6. The fraction of sp³-hybridized carbons (Fsp3) is 0.538. The molecule has 0 radical (unpaired) electrons. The predicted molar refractivity (Wildman–Crippen MR) is 66.4 cm³/mol. The summed E-state index contributed by atoms with van der Waals surface area (Å²) in [5.41, 5.74) is 0.687. The number of anilines is 1. The first-order valence-electron chi connectivity index (χ1n) is 5.76. The van der Waals surface area contributed by atoms with Crippen molar-refractivity contribution in [3.8, 4) is 0 Å². The second-order valence-corrected chi connectivity index (χ2v) is 5.92. The monoisotopic (exact) mass is 259 g/mol. The molecule has 94 valence electrons. The summed E-state index contributed by atoms with van der Waals surface area (Å²) in [6.07, 6.45) is 2.27. The minimum atomic E-state index is -0.723. The van der Waals surface area contributed by atoms with E-state index in [1.54, 1.807) is 0 Å². The van der Waals surface area contributed by atoms with Gasteiger partial charge in [-0.3, -0.25) is 0 Å². The minimum Gasteiger partial charge on any atom is -0.382 e. The SMILES string of the molecule is CC1(C)CC(CNc2ccc(F)c(Cl)c2F)C1. The maximum atomic E-state index is 13.6. The van der Waals surface area contributed by atoms with Crippen LogP contribution in [0.1, 0.15) is 26.7 Å². The van der Waals surface area contributed by atoms with Gasteiger partial charge in [0.05, 0.1) is 5.69 Å². The van der Waals surface area contributed by atoms with Crippen molar-refractivity contribution in [2.45, 2.75) is 26.7 Å². The molecule has 1 aromatic rings. The molecule has 1 aliphatic rings. The molecule has 1 N–H and O–H groups in total. The van der Waals surface area contributed by atoms with Crippen LogP contribution in [0.3, 0.4) is 0 Å². The Labute approximate surface area is 105 Å². The summed E-state index contributed by atoms with van der Waals surface area (Å²) in [6.45, 7) is 5.15. The van der Waals surface area contributed by atoms with Crippen LogP contribution in [0.5, 0.6) is 0 Å². The van der Waals surface area contributed by atoms with Crippen molar-refractivity contribution < 1.29 is 8.78 Å². The summed E-state index contributed by atoms with van der Waals surface area (Å²) in [6, 6.07) is 2.57. The van der Waals surface area contributed by atoms with E-state index in [9.17, 15) is 8.78 Å². The summed E-state index contributed by atoms with van der Waals surface area (Å²) in [5.74, 6) is -0.863. The zero-order chi connectivity index (χ0) is 12.6. The highest BCUT2D eigenvalue weighted by molar-refractivity contribution is 6.31. The average Bonchev–Trinajstić information content (AvgIpc) is 2.22. The highest BCUT2D eigenvalue weighted by Crippen LogP contribution is 2.44. The molecule has 1 aliphatic carbocycles. The van der Waals surface area contributed by atoms with Crippen LogP contribution in [0.4, 0.5) is 14.5 Å². The zero-order valence-corrected chi connectivity index (χ0v) is 10.7. The van der Waals surface area contributed by atoms with Crippen LogP contribution in [0.15, 0.2) is 12.1 Å². The van der Waals surface area contributed by atoms with E-state index in [2.05, 4.69) is 19.2 Å². The van der Waals surface area contributed by atoms with E-state index in [4.69, 9.17) is 11.6 Å². The Morgan fingerprint density at radius 2 is 2.00 bits per heavy atom. The van der Waals surface area contributed by atoms with Gasteiger partial charge >= 0.3 is 0 Å². The summed E-state index contributed by atoms with van der Waals surface area (Å²) >= 11 is 5.50. The standard InChI is InChI=1S/C13H16ClF2N/c1-13(2)5-8(6-13)7-17-10-4-3-9(15)11(14)12(10)16/h3-4,8,17H,5-7H2,1-2H3. The van der Waals surface area contributed by atoms with Crippen molar-refractivity contribution in [1.82, 2.24) is 0 Å². The number of halogens is 3. The summed E-state index contributed by atoms with van der Waals surface area (Å²) in [7, 11) is 0. The van der Waals surface area contributed by atoms with Crippen LogP contribution in [0.25, 0.3) is 0 Å². The van der Waals surface area contributed by atoms with Crippen molar-refractivity contribution in [3.63, 3.8) is 0 Å². The van der Waals surface area contributed by atoms with Gasteiger partial charge in [-0.25, -0.2) is 8.78 Å². The Balaban J connectivity index is 1.94. The summed E-state index contributed by atoms with van der Waals surface area (Å²) < 4.78 is 26.5. The van der Waals surface area contributed by atoms with Gasteiger partial charge in [-0.15, -0.1) is 0 Å². The molecule has 0 heterocycles. The smallest absolute Gasteiger partial charge is 0.167 e. The fourth-order valence-electron chi connectivity index (χ4n) is 2.56. The molecule has 17 heavy (non-hydrogen) atoms. The third kappa shape index (κ3) is 2.71.